The van der Waals surface area contributed by atoms with Gasteiger partial charge < -0.3 is 10.2 Å². The van der Waals surface area contributed by atoms with Gasteiger partial charge in [0.25, 0.3) is 0 Å². The van der Waals surface area contributed by atoms with Gasteiger partial charge in [-0.1, -0.05) is 0 Å². The van der Waals surface area contributed by atoms with E-state index in [1.807, 2.05) is 11.9 Å². The molecular weight excluding hydrogens is 231 g/mol. The molecule has 4 nitrogen and oxygen atoms in total. The van der Waals surface area contributed by atoms with Gasteiger partial charge in [-0.05, 0) is 19.4 Å². The lowest BCUT2D eigenvalue weighted by Gasteiger charge is -2.31. The minimum absolute atomic E-state index is 0. The summed E-state index contributed by atoms with van der Waals surface area (Å²) in [6.07, 6.45) is 4.70. The van der Waals surface area contributed by atoms with E-state index in [9.17, 15) is 4.39 Å². The highest BCUT2D eigenvalue weighted by atomic mass is 35.5. The van der Waals surface area contributed by atoms with Gasteiger partial charge in [0.2, 0.25) is 5.95 Å². The molecule has 1 aromatic heterocycles. The lowest BCUT2D eigenvalue weighted by Crippen LogP contribution is -2.44. The number of halogens is 2. The molecule has 1 N–H and O–H groups in total. The Morgan fingerprint density at radius 1 is 1.44 bits per heavy atom. The van der Waals surface area contributed by atoms with Crippen LogP contribution in [0, 0.1) is 5.82 Å². The summed E-state index contributed by atoms with van der Waals surface area (Å²) < 4.78 is 12.6. The number of nitrogens with one attached hydrogen (secondary N) is 1. The maximum absolute atomic E-state index is 12.6. The van der Waals surface area contributed by atoms with E-state index in [0.29, 0.717) is 12.0 Å². The molecular formula is C10H16ClFN4. The Bertz CT molecular complexity index is 313. The molecule has 0 spiro atoms. The monoisotopic (exact) mass is 246 g/mol. The van der Waals surface area contributed by atoms with Crippen molar-refractivity contribution in [3.05, 3.63) is 18.2 Å². The van der Waals surface area contributed by atoms with Crippen molar-refractivity contribution in [3.63, 3.8) is 0 Å². The molecule has 2 heterocycles. The topological polar surface area (TPSA) is 41.1 Å². The van der Waals surface area contributed by atoms with Crippen LogP contribution >= 0.6 is 12.4 Å². The molecule has 2 rings (SSSR count). The number of anilines is 1. The van der Waals surface area contributed by atoms with Crippen LogP contribution in [-0.2, 0) is 0 Å². The molecule has 1 saturated heterocycles. The normalized spacial score (nSPS) is 20.0. The standard InChI is InChI=1S/C10H15FN4.ClH/c1-15(9-3-2-4-12-7-9)10-13-5-8(11)6-14-10;/h5-6,9,12H,2-4,7H2,1H3;1H. The van der Waals surface area contributed by atoms with E-state index in [2.05, 4.69) is 15.3 Å². The highest BCUT2D eigenvalue weighted by Crippen LogP contribution is 2.13. The van der Waals surface area contributed by atoms with Crippen LogP contribution in [0.5, 0.6) is 0 Å². The number of nitrogens with zero attached hydrogens (tertiary/aromatic N) is 3. The molecule has 1 aromatic rings. The predicted molar refractivity (Wildman–Crippen MR) is 63.5 cm³/mol. The molecule has 1 atom stereocenters. The average Bonchev–Trinajstić information content (AvgIpc) is 2.30. The summed E-state index contributed by atoms with van der Waals surface area (Å²) in [7, 11) is 1.95. The zero-order valence-electron chi connectivity index (χ0n) is 9.19. The van der Waals surface area contributed by atoms with Crippen LogP contribution in [-0.4, -0.2) is 36.1 Å². The molecule has 0 bridgehead atoms. The lowest BCUT2D eigenvalue weighted by atomic mass is 10.1. The number of hydrogen-bond acceptors (Lipinski definition) is 4. The molecule has 0 radical (unpaired) electrons. The number of piperidine rings is 1. The first-order valence-corrected chi connectivity index (χ1v) is 5.18. The smallest absolute Gasteiger partial charge is 0.225 e. The molecule has 0 saturated carbocycles. The van der Waals surface area contributed by atoms with Crippen molar-refractivity contribution in [1.29, 1.82) is 0 Å². The summed E-state index contributed by atoms with van der Waals surface area (Å²) >= 11 is 0. The van der Waals surface area contributed by atoms with Crippen molar-refractivity contribution < 1.29 is 4.39 Å². The molecule has 1 unspecified atom stereocenters. The zero-order valence-corrected chi connectivity index (χ0v) is 10.0. The summed E-state index contributed by atoms with van der Waals surface area (Å²) in [6.45, 7) is 2.02. The van der Waals surface area contributed by atoms with Gasteiger partial charge in [0, 0.05) is 19.6 Å². The fraction of sp³-hybridized carbons (Fsp3) is 0.600. The third-order valence-electron chi connectivity index (χ3n) is 2.74. The minimum atomic E-state index is -0.395. The van der Waals surface area contributed by atoms with E-state index in [1.165, 1.54) is 12.4 Å². The van der Waals surface area contributed by atoms with Crippen molar-refractivity contribution in [2.45, 2.75) is 18.9 Å². The number of hydrogen-bond donors (Lipinski definition) is 1. The lowest BCUT2D eigenvalue weighted by molar-refractivity contribution is 0.440. The SMILES string of the molecule is CN(c1ncc(F)cn1)C1CCCNC1.Cl. The second-order valence-electron chi connectivity index (χ2n) is 3.81. The minimum Gasteiger partial charge on any atom is -0.340 e. The maximum Gasteiger partial charge on any atom is 0.225 e. The first kappa shape index (κ1) is 13.1. The van der Waals surface area contributed by atoms with Crippen LogP contribution in [0.25, 0.3) is 0 Å². The fourth-order valence-electron chi connectivity index (χ4n) is 1.81. The van der Waals surface area contributed by atoms with Gasteiger partial charge >= 0.3 is 0 Å². The quantitative estimate of drug-likeness (QED) is 0.852. The first-order valence-electron chi connectivity index (χ1n) is 5.18. The van der Waals surface area contributed by atoms with Gasteiger partial charge in [0.05, 0.1) is 12.4 Å². The summed E-state index contributed by atoms with van der Waals surface area (Å²) in [5.41, 5.74) is 0. The van der Waals surface area contributed by atoms with E-state index in [0.717, 1.165) is 25.9 Å². The molecule has 0 amide bonds. The highest BCUT2D eigenvalue weighted by Gasteiger charge is 2.19. The molecule has 1 aliphatic rings. The van der Waals surface area contributed by atoms with Crippen LogP contribution in [0.3, 0.4) is 0 Å². The first-order chi connectivity index (χ1) is 7.27. The van der Waals surface area contributed by atoms with Gasteiger partial charge in [-0.2, -0.15) is 0 Å². The van der Waals surface area contributed by atoms with E-state index in [4.69, 9.17) is 0 Å². The Hall–Kier alpha value is -0.940. The Balaban J connectivity index is 0.00000128. The van der Waals surface area contributed by atoms with E-state index >= 15 is 0 Å². The van der Waals surface area contributed by atoms with Crippen LogP contribution in [0.4, 0.5) is 10.3 Å². The van der Waals surface area contributed by atoms with Crippen LogP contribution in [0.2, 0.25) is 0 Å². The molecule has 1 aliphatic heterocycles. The molecule has 16 heavy (non-hydrogen) atoms. The third-order valence-corrected chi connectivity index (χ3v) is 2.74. The number of aromatic nitrogens is 2. The molecule has 0 aromatic carbocycles. The molecule has 6 heteroatoms. The van der Waals surface area contributed by atoms with E-state index in [-0.39, 0.29) is 12.4 Å². The van der Waals surface area contributed by atoms with Crippen LogP contribution in [0.15, 0.2) is 12.4 Å². The number of rotatable bonds is 2. The van der Waals surface area contributed by atoms with Crippen molar-refractivity contribution in [2.75, 3.05) is 25.0 Å². The molecule has 1 fully saturated rings. The van der Waals surface area contributed by atoms with Crippen LogP contribution < -0.4 is 10.2 Å². The summed E-state index contributed by atoms with van der Waals surface area (Å²) in [5.74, 6) is 0.194. The Labute approximate surface area is 101 Å². The maximum atomic E-state index is 12.6. The van der Waals surface area contributed by atoms with Gasteiger partial charge in [0.15, 0.2) is 5.82 Å². The van der Waals surface area contributed by atoms with E-state index in [1.54, 1.807) is 0 Å². The van der Waals surface area contributed by atoms with Gasteiger partial charge in [-0.15, -0.1) is 12.4 Å². The van der Waals surface area contributed by atoms with Crippen LogP contribution in [0.1, 0.15) is 12.8 Å². The van der Waals surface area contributed by atoms with Crippen molar-refractivity contribution in [2.24, 2.45) is 0 Å². The van der Waals surface area contributed by atoms with Gasteiger partial charge in [-0.25, -0.2) is 14.4 Å². The van der Waals surface area contributed by atoms with Gasteiger partial charge in [-0.3, -0.25) is 0 Å². The highest BCUT2D eigenvalue weighted by molar-refractivity contribution is 5.85. The Kier molecular flexibility index (Phi) is 4.89. The zero-order chi connectivity index (χ0) is 10.7. The molecule has 90 valence electrons. The summed E-state index contributed by atoms with van der Waals surface area (Å²) in [4.78, 5) is 9.94. The summed E-state index contributed by atoms with van der Waals surface area (Å²) in [6, 6.07) is 0.407. The second kappa shape index (κ2) is 5.96. The largest absolute Gasteiger partial charge is 0.340 e. The number of likely N-dealkylation sites (N-methyl/N-ethyl adjacent to an activating group) is 1. The van der Waals surface area contributed by atoms with Crippen molar-refractivity contribution >= 4 is 18.4 Å². The fourth-order valence-corrected chi connectivity index (χ4v) is 1.81. The van der Waals surface area contributed by atoms with Gasteiger partial charge in [0.1, 0.15) is 0 Å². The second-order valence-corrected chi connectivity index (χ2v) is 3.81. The third kappa shape index (κ3) is 3.02. The predicted octanol–water partition coefficient (Wildman–Crippen LogP) is 1.23. The average molecular weight is 247 g/mol. The Morgan fingerprint density at radius 2 is 2.12 bits per heavy atom. The van der Waals surface area contributed by atoms with Crippen molar-refractivity contribution in [3.8, 4) is 0 Å². The van der Waals surface area contributed by atoms with E-state index < -0.39 is 5.82 Å². The molecule has 0 aliphatic carbocycles. The summed E-state index contributed by atoms with van der Waals surface area (Å²) in [5, 5.41) is 3.33. The Morgan fingerprint density at radius 3 is 2.69 bits per heavy atom. The van der Waals surface area contributed by atoms with Crippen molar-refractivity contribution in [1.82, 2.24) is 15.3 Å².